The van der Waals surface area contributed by atoms with Crippen molar-refractivity contribution in [3.05, 3.63) is 28.3 Å². The van der Waals surface area contributed by atoms with Crippen molar-refractivity contribution in [1.29, 1.82) is 0 Å². The first-order valence-electron chi connectivity index (χ1n) is 5.53. The van der Waals surface area contributed by atoms with Crippen LogP contribution >= 0.6 is 0 Å². The van der Waals surface area contributed by atoms with Crippen molar-refractivity contribution in [1.82, 2.24) is 0 Å². The molecule has 1 heterocycles. The number of hydrogen-bond acceptors (Lipinski definition) is 2. The largest absolute Gasteiger partial charge is 0.493 e. The number of aliphatic hydroxyl groups is 1. The number of hydrogen-bond donors (Lipinski definition) is 1. The minimum atomic E-state index is -0.359. The average Bonchev–Trinajstić information content (AvgIpc) is 2.37. The van der Waals surface area contributed by atoms with Crippen LogP contribution in [0.5, 0.6) is 5.75 Å². The molecule has 0 spiro atoms. The third kappa shape index (κ3) is 1.74. The topological polar surface area (TPSA) is 29.5 Å². The molecule has 2 nitrogen and oxygen atoms in total. The Morgan fingerprint density at radius 3 is 2.73 bits per heavy atom. The van der Waals surface area contributed by atoms with E-state index >= 15 is 0 Å². The van der Waals surface area contributed by atoms with Crippen LogP contribution in [0.25, 0.3) is 0 Å². The van der Waals surface area contributed by atoms with Crippen LogP contribution in [-0.2, 0) is 0 Å². The summed E-state index contributed by atoms with van der Waals surface area (Å²) in [6, 6.07) is 2.13. The average molecular weight is 206 g/mol. The van der Waals surface area contributed by atoms with Gasteiger partial charge in [-0.3, -0.25) is 0 Å². The summed E-state index contributed by atoms with van der Waals surface area (Å²) in [5, 5.41) is 10.1. The highest BCUT2D eigenvalue weighted by molar-refractivity contribution is 5.51. The molecule has 0 aliphatic carbocycles. The molecule has 0 fully saturated rings. The first kappa shape index (κ1) is 10.5. The quantitative estimate of drug-likeness (QED) is 0.707. The number of aryl methyl sites for hydroxylation is 2. The van der Waals surface area contributed by atoms with Gasteiger partial charge in [0.1, 0.15) is 5.75 Å². The van der Waals surface area contributed by atoms with E-state index in [1.807, 2.05) is 6.92 Å². The molecule has 0 unspecified atom stereocenters. The molecule has 2 heteroatoms. The molecule has 1 aromatic rings. The van der Waals surface area contributed by atoms with Gasteiger partial charge in [-0.2, -0.15) is 0 Å². The van der Waals surface area contributed by atoms with Crippen molar-refractivity contribution in [2.24, 2.45) is 0 Å². The number of fused-ring (bicyclic) bond motifs is 1. The molecule has 0 bridgehead atoms. The van der Waals surface area contributed by atoms with Crippen molar-refractivity contribution in [2.45, 2.75) is 39.7 Å². The minimum absolute atomic E-state index is 0.359. The Morgan fingerprint density at radius 2 is 2.00 bits per heavy atom. The maximum Gasteiger partial charge on any atom is 0.128 e. The zero-order valence-corrected chi connectivity index (χ0v) is 9.63. The monoisotopic (exact) mass is 206 g/mol. The summed E-state index contributed by atoms with van der Waals surface area (Å²) in [7, 11) is 0. The van der Waals surface area contributed by atoms with Crippen LogP contribution in [0.15, 0.2) is 6.07 Å². The van der Waals surface area contributed by atoms with Crippen LogP contribution in [0.1, 0.15) is 41.2 Å². The van der Waals surface area contributed by atoms with Gasteiger partial charge in [-0.1, -0.05) is 6.07 Å². The van der Waals surface area contributed by atoms with Gasteiger partial charge in [0.15, 0.2) is 0 Å². The maximum absolute atomic E-state index is 10.1. The number of benzene rings is 1. The molecule has 15 heavy (non-hydrogen) atoms. The predicted octanol–water partition coefficient (Wildman–Crippen LogP) is 2.82. The maximum atomic E-state index is 10.1. The van der Waals surface area contributed by atoms with Gasteiger partial charge in [-0.05, 0) is 50.3 Å². The van der Waals surface area contributed by atoms with E-state index < -0.39 is 0 Å². The van der Waals surface area contributed by atoms with E-state index in [4.69, 9.17) is 4.74 Å². The summed E-state index contributed by atoms with van der Waals surface area (Å²) in [6.45, 7) is 6.91. The summed E-state index contributed by atoms with van der Waals surface area (Å²) in [4.78, 5) is 0. The highest BCUT2D eigenvalue weighted by atomic mass is 16.5. The fourth-order valence-corrected chi connectivity index (χ4v) is 2.27. The van der Waals surface area contributed by atoms with E-state index in [2.05, 4.69) is 19.9 Å². The van der Waals surface area contributed by atoms with Crippen molar-refractivity contribution < 1.29 is 9.84 Å². The lowest BCUT2D eigenvalue weighted by atomic mass is 9.94. The van der Waals surface area contributed by atoms with E-state index in [-0.39, 0.29) is 6.10 Å². The zero-order valence-electron chi connectivity index (χ0n) is 9.63. The molecule has 1 aliphatic rings. The lowest BCUT2D eigenvalue weighted by Crippen LogP contribution is -2.03. The first-order valence-corrected chi connectivity index (χ1v) is 5.53. The molecule has 1 aliphatic heterocycles. The van der Waals surface area contributed by atoms with E-state index in [0.717, 1.165) is 35.3 Å². The third-order valence-corrected chi connectivity index (χ3v) is 3.24. The summed E-state index contributed by atoms with van der Waals surface area (Å²) in [5.41, 5.74) is 4.54. The lowest BCUT2D eigenvalue weighted by molar-refractivity contribution is 0.167. The number of rotatable bonds is 0. The van der Waals surface area contributed by atoms with Gasteiger partial charge in [0.2, 0.25) is 0 Å². The molecule has 1 aromatic carbocycles. The van der Waals surface area contributed by atoms with E-state index in [1.54, 1.807) is 0 Å². The standard InChI is InChI=1S/C13H18O2/c1-8-7-9(2)12-11(14)5-4-6-15-13(12)10(8)3/h7,11,14H,4-6H2,1-3H3/t11-/m0/s1. The number of aliphatic hydroxyl groups excluding tert-OH is 1. The van der Waals surface area contributed by atoms with Gasteiger partial charge in [0.25, 0.3) is 0 Å². The minimum Gasteiger partial charge on any atom is -0.493 e. The van der Waals surface area contributed by atoms with Gasteiger partial charge in [-0.25, -0.2) is 0 Å². The SMILES string of the molecule is Cc1cc(C)c2c(c1C)OCCC[C@@H]2O. The number of ether oxygens (including phenoxy) is 1. The second-order valence-electron chi connectivity index (χ2n) is 4.38. The van der Waals surface area contributed by atoms with Crippen LogP contribution in [0.2, 0.25) is 0 Å². The van der Waals surface area contributed by atoms with Gasteiger partial charge in [0, 0.05) is 5.56 Å². The Hall–Kier alpha value is -1.02. The van der Waals surface area contributed by atoms with Crippen molar-refractivity contribution in [3.8, 4) is 5.75 Å². The Bertz CT molecular complexity index is 383. The highest BCUT2D eigenvalue weighted by Crippen LogP contribution is 2.37. The highest BCUT2D eigenvalue weighted by Gasteiger charge is 2.22. The van der Waals surface area contributed by atoms with Crippen LogP contribution in [-0.4, -0.2) is 11.7 Å². The molecule has 0 radical (unpaired) electrons. The molecular weight excluding hydrogens is 188 g/mol. The van der Waals surface area contributed by atoms with Crippen molar-refractivity contribution >= 4 is 0 Å². The van der Waals surface area contributed by atoms with E-state index in [0.29, 0.717) is 6.61 Å². The Balaban J connectivity index is 2.63. The third-order valence-electron chi connectivity index (χ3n) is 3.24. The van der Waals surface area contributed by atoms with Gasteiger partial charge >= 0.3 is 0 Å². The molecule has 1 atom stereocenters. The van der Waals surface area contributed by atoms with Crippen LogP contribution < -0.4 is 4.74 Å². The zero-order chi connectivity index (χ0) is 11.0. The Morgan fingerprint density at radius 1 is 1.27 bits per heavy atom. The molecular formula is C13H18O2. The molecule has 2 rings (SSSR count). The lowest BCUT2D eigenvalue weighted by Gasteiger charge is -2.18. The predicted molar refractivity (Wildman–Crippen MR) is 60.3 cm³/mol. The van der Waals surface area contributed by atoms with Crippen molar-refractivity contribution in [3.63, 3.8) is 0 Å². The summed E-state index contributed by atoms with van der Waals surface area (Å²) < 4.78 is 5.75. The van der Waals surface area contributed by atoms with Crippen molar-refractivity contribution in [2.75, 3.05) is 6.61 Å². The van der Waals surface area contributed by atoms with E-state index in [1.165, 1.54) is 5.56 Å². The molecule has 82 valence electrons. The molecule has 0 aromatic heterocycles. The Labute approximate surface area is 90.9 Å². The van der Waals surface area contributed by atoms with Gasteiger partial charge in [0.05, 0.1) is 12.7 Å². The van der Waals surface area contributed by atoms with Gasteiger partial charge in [-0.15, -0.1) is 0 Å². The van der Waals surface area contributed by atoms with Crippen LogP contribution in [0, 0.1) is 20.8 Å². The second kappa shape index (κ2) is 3.86. The normalized spacial score (nSPS) is 20.4. The second-order valence-corrected chi connectivity index (χ2v) is 4.38. The summed E-state index contributed by atoms with van der Waals surface area (Å²) in [6.07, 6.45) is 1.37. The van der Waals surface area contributed by atoms with Gasteiger partial charge < -0.3 is 9.84 Å². The fourth-order valence-electron chi connectivity index (χ4n) is 2.27. The molecule has 0 saturated heterocycles. The summed E-state index contributed by atoms with van der Waals surface area (Å²) in [5.74, 6) is 0.914. The Kier molecular flexibility index (Phi) is 2.70. The molecule has 0 saturated carbocycles. The van der Waals surface area contributed by atoms with Crippen LogP contribution in [0.3, 0.4) is 0 Å². The smallest absolute Gasteiger partial charge is 0.128 e. The van der Waals surface area contributed by atoms with E-state index in [9.17, 15) is 5.11 Å². The van der Waals surface area contributed by atoms with Crippen LogP contribution in [0.4, 0.5) is 0 Å². The molecule has 0 amide bonds. The first-order chi connectivity index (χ1) is 7.11. The summed E-state index contributed by atoms with van der Waals surface area (Å²) >= 11 is 0. The molecule has 1 N–H and O–H groups in total. The fraction of sp³-hybridized carbons (Fsp3) is 0.538.